The normalized spacial score (nSPS) is 11.0. The Morgan fingerprint density at radius 3 is 2.04 bits per heavy atom. The summed E-state index contributed by atoms with van der Waals surface area (Å²) in [7, 11) is 0.636. The van der Waals surface area contributed by atoms with Gasteiger partial charge in [-0.25, -0.2) is 9.36 Å². The highest BCUT2D eigenvalue weighted by molar-refractivity contribution is 7.46. The summed E-state index contributed by atoms with van der Waals surface area (Å²) in [6.45, 7) is 9.48. The van der Waals surface area contributed by atoms with E-state index in [0.717, 1.165) is 0 Å². The summed E-state index contributed by atoms with van der Waals surface area (Å²) < 4.78 is 24.5. The van der Waals surface area contributed by atoms with Gasteiger partial charge in [-0.3, -0.25) is 4.52 Å². The molecule has 0 aromatic heterocycles. The molecular formula is C15H28NO9P. The Hall–Kier alpha value is -1.71. The van der Waals surface area contributed by atoms with E-state index in [9.17, 15) is 19.3 Å². The largest absolute Gasteiger partial charge is 0.542 e. The zero-order chi connectivity index (χ0) is 21.0. The molecule has 0 aliphatic rings. The predicted octanol–water partition coefficient (Wildman–Crippen LogP) is -0.422. The van der Waals surface area contributed by atoms with Crippen molar-refractivity contribution >= 4 is 19.8 Å². The molecule has 0 spiro atoms. The number of rotatable bonds is 11. The van der Waals surface area contributed by atoms with Crippen LogP contribution >= 0.6 is 7.82 Å². The molecule has 26 heavy (non-hydrogen) atoms. The molecule has 0 heterocycles. The number of hydrogen-bond acceptors (Lipinski definition) is 7. The third-order valence-electron chi connectivity index (χ3n) is 2.92. The van der Waals surface area contributed by atoms with Crippen molar-refractivity contribution in [3.8, 4) is 0 Å². The van der Waals surface area contributed by atoms with E-state index in [1.165, 1.54) is 7.11 Å². The molecule has 11 heteroatoms. The first kappa shape index (κ1) is 26.5. The van der Waals surface area contributed by atoms with Crippen molar-refractivity contribution in [3.05, 3.63) is 24.5 Å². The van der Waals surface area contributed by atoms with Gasteiger partial charge in [0.05, 0.1) is 34.4 Å². The van der Waals surface area contributed by atoms with E-state index in [1.54, 1.807) is 6.92 Å². The number of methoxy groups -OCH3 is 1. The van der Waals surface area contributed by atoms with Crippen molar-refractivity contribution in [3.63, 3.8) is 0 Å². The first-order valence-electron chi connectivity index (χ1n) is 7.51. The molecule has 0 amide bonds. The molecule has 0 fully saturated rings. The molecule has 152 valence electrons. The van der Waals surface area contributed by atoms with Crippen molar-refractivity contribution < 1.29 is 47.5 Å². The van der Waals surface area contributed by atoms with E-state index in [1.807, 2.05) is 14.1 Å². The standard InChI is InChI=1S/C11H22NO6P.C4H6O3/c1-10(2)11(13)17-8-5-6-12(3,4)7-9-18-19(14,15)16;1-3(7-2)4(5)6/h1,5-9H2,2-4H3,(H-,14,15,16);1H2,2H3,(H,5,6). The molecule has 0 unspecified atom stereocenters. The minimum Gasteiger partial charge on any atom is -0.542 e. The second kappa shape index (κ2) is 12.6. The van der Waals surface area contributed by atoms with Crippen LogP contribution in [0.2, 0.25) is 0 Å². The van der Waals surface area contributed by atoms with Gasteiger partial charge in [-0.05, 0) is 6.92 Å². The average molecular weight is 397 g/mol. The summed E-state index contributed by atoms with van der Waals surface area (Å²) in [6.07, 6.45) is 0.655. The van der Waals surface area contributed by atoms with Crippen LogP contribution in [-0.2, 0) is 28.2 Å². The number of aliphatic carboxylic acids is 1. The van der Waals surface area contributed by atoms with Crippen LogP contribution in [0.25, 0.3) is 0 Å². The Labute approximate surface area is 153 Å². The molecule has 0 aliphatic heterocycles. The van der Waals surface area contributed by atoms with Crippen LogP contribution in [0.4, 0.5) is 0 Å². The summed E-state index contributed by atoms with van der Waals surface area (Å²) in [5.41, 5.74) is 0.365. The molecule has 0 saturated carbocycles. The summed E-state index contributed by atoms with van der Waals surface area (Å²) in [4.78, 5) is 37.8. The van der Waals surface area contributed by atoms with Crippen LogP contribution < -0.4 is 5.11 Å². The molecule has 0 aromatic rings. The number of esters is 1. The van der Waals surface area contributed by atoms with E-state index in [0.29, 0.717) is 36.2 Å². The van der Waals surface area contributed by atoms with E-state index in [-0.39, 0.29) is 12.4 Å². The van der Waals surface area contributed by atoms with E-state index in [4.69, 9.17) is 14.5 Å². The maximum Gasteiger partial charge on any atom is 0.469 e. The molecule has 0 radical (unpaired) electrons. The van der Waals surface area contributed by atoms with Crippen LogP contribution in [0.5, 0.6) is 0 Å². The van der Waals surface area contributed by atoms with Crippen LogP contribution in [0.1, 0.15) is 13.3 Å². The van der Waals surface area contributed by atoms with Crippen LogP contribution in [0, 0.1) is 0 Å². The van der Waals surface area contributed by atoms with Crippen molar-refractivity contribution in [2.45, 2.75) is 13.3 Å². The number of carboxylic acid groups (broad SMARTS) is 1. The average Bonchev–Trinajstić information content (AvgIpc) is 2.49. The Balaban J connectivity index is 0. The van der Waals surface area contributed by atoms with Crippen molar-refractivity contribution in [1.29, 1.82) is 0 Å². The summed E-state index contributed by atoms with van der Waals surface area (Å²) in [5, 5.41) is 9.59. The van der Waals surface area contributed by atoms with Crippen LogP contribution in [-0.4, -0.2) is 73.7 Å². The third kappa shape index (κ3) is 17.1. The second-order valence-electron chi connectivity index (χ2n) is 5.89. The lowest BCUT2D eigenvalue weighted by molar-refractivity contribution is -0.890. The maximum absolute atomic E-state index is 11.1. The Bertz CT molecular complexity index is 539. The fraction of sp³-hybridized carbons (Fsp3) is 0.600. The molecule has 0 rings (SSSR count). The first-order chi connectivity index (χ1) is 11.7. The zero-order valence-electron chi connectivity index (χ0n) is 15.6. The van der Waals surface area contributed by atoms with E-state index in [2.05, 4.69) is 22.4 Å². The number of ether oxygens (including phenoxy) is 2. The summed E-state index contributed by atoms with van der Waals surface area (Å²) in [5.74, 6) is -2.13. The second-order valence-corrected chi connectivity index (χ2v) is 7.13. The van der Waals surface area contributed by atoms with Gasteiger partial charge in [-0.2, -0.15) is 0 Å². The summed E-state index contributed by atoms with van der Waals surface area (Å²) in [6, 6.07) is 0. The Morgan fingerprint density at radius 2 is 1.69 bits per heavy atom. The topological polar surface area (TPSA) is 142 Å². The first-order valence-corrected chi connectivity index (χ1v) is 9.04. The highest BCUT2D eigenvalue weighted by Crippen LogP contribution is 2.35. The van der Waals surface area contributed by atoms with Gasteiger partial charge in [-0.1, -0.05) is 13.2 Å². The molecule has 0 saturated heterocycles. The number of carbonyl (C=O) groups excluding carboxylic acids is 2. The minimum atomic E-state index is -4.40. The number of carbonyl (C=O) groups is 2. The van der Waals surface area contributed by atoms with Crippen molar-refractivity contribution in [2.75, 3.05) is 47.5 Å². The molecule has 0 aromatic carbocycles. The van der Waals surface area contributed by atoms with Gasteiger partial charge in [0, 0.05) is 12.0 Å². The van der Waals surface area contributed by atoms with Gasteiger partial charge < -0.3 is 33.6 Å². The number of quaternary nitrogens is 1. The van der Waals surface area contributed by atoms with E-state index < -0.39 is 19.8 Å². The SMILES string of the molecule is C=C(C)C(=O)OCCC[N+](C)(C)CCOP(=O)(O)O.C=C(OC)C(=O)[O-]. The van der Waals surface area contributed by atoms with E-state index >= 15 is 0 Å². The minimum absolute atomic E-state index is 0.0250. The van der Waals surface area contributed by atoms with Crippen molar-refractivity contribution in [1.82, 2.24) is 0 Å². The maximum atomic E-state index is 11.1. The zero-order valence-corrected chi connectivity index (χ0v) is 16.5. The number of nitrogens with zero attached hydrogens (tertiary/aromatic N) is 1. The fourth-order valence-corrected chi connectivity index (χ4v) is 1.70. The molecule has 2 N–H and O–H groups in total. The quantitative estimate of drug-likeness (QED) is 0.119. The number of carboxylic acids is 1. The lowest BCUT2D eigenvalue weighted by atomic mass is 10.3. The third-order valence-corrected chi connectivity index (χ3v) is 3.44. The molecule has 0 aliphatic carbocycles. The lowest BCUT2D eigenvalue weighted by Gasteiger charge is -2.29. The lowest BCUT2D eigenvalue weighted by Crippen LogP contribution is -2.43. The Morgan fingerprint density at radius 1 is 1.15 bits per heavy atom. The highest BCUT2D eigenvalue weighted by atomic mass is 31.2. The van der Waals surface area contributed by atoms with Crippen LogP contribution in [0.15, 0.2) is 24.5 Å². The monoisotopic (exact) mass is 397 g/mol. The number of likely N-dealkylation sites (N-methyl/N-ethyl adjacent to an activating group) is 1. The number of phosphoric acid groups is 1. The van der Waals surface area contributed by atoms with Gasteiger partial charge in [0.1, 0.15) is 24.9 Å². The fourth-order valence-electron chi connectivity index (χ4n) is 1.38. The molecule has 10 nitrogen and oxygen atoms in total. The molecule has 0 bridgehead atoms. The van der Waals surface area contributed by atoms with Crippen molar-refractivity contribution in [2.24, 2.45) is 0 Å². The van der Waals surface area contributed by atoms with Gasteiger partial charge in [0.25, 0.3) is 0 Å². The van der Waals surface area contributed by atoms with Gasteiger partial charge in [-0.15, -0.1) is 0 Å². The highest BCUT2D eigenvalue weighted by Gasteiger charge is 2.19. The van der Waals surface area contributed by atoms with Gasteiger partial charge >= 0.3 is 13.8 Å². The molecular weight excluding hydrogens is 369 g/mol. The molecule has 0 atom stereocenters. The summed E-state index contributed by atoms with van der Waals surface area (Å²) >= 11 is 0. The number of phosphoric ester groups is 1. The predicted molar refractivity (Wildman–Crippen MR) is 91.4 cm³/mol. The van der Waals surface area contributed by atoms with Gasteiger partial charge in [0.15, 0.2) is 0 Å². The van der Waals surface area contributed by atoms with Crippen LogP contribution in [0.3, 0.4) is 0 Å². The van der Waals surface area contributed by atoms with Gasteiger partial charge in [0.2, 0.25) is 0 Å². The smallest absolute Gasteiger partial charge is 0.469 e. The Kier molecular flexibility index (Phi) is 12.9. The number of hydrogen-bond donors (Lipinski definition) is 2.